The number of fused-ring (bicyclic) bond motifs is 1. The van der Waals surface area contributed by atoms with Crippen LogP contribution in [0.2, 0.25) is 0 Å². The van der Waals surface area contributed by atoms with E-state index in [0.717, 1.165) is 41.0 Å². The Labute approximate surface area is 205 Å². The van der Waals surface area contributed by atoms with Gasteiger partial charge in [-0.05, 0) is 79.2 Å². The number of aromatic amines is 1. The summed E-state index contributed by atoms with van der Waals surface area (Å²) in [5.74, 6) is 1.21. The third kappa shape index (κ3) is 4.99. The van der Waals surface area contributed by atoms with Crippen molar-refractivity contribution >= 4 is 23.9 Å². The molecule has 0 bridgehead atoms. The summed E-state index contributed by atoms with van der Waals surface area (Å²) in [5, 5.41) is 21.4. The van der Waals surface area contributed by atoms with E-state index < -0.39 is 0 Å². The molecule has 3 nitrogen and oxygen atoms in total. The molecule has 0 saturated heterocycles. The normalized spacial score (nSPS) is 19.6. The molecule has 3 N–H and O–H groups in total. The first-order chi connectivity index (χ1) is 16.1. The highest BCUT2D eigenvalue weighted by molar-refractivity contribution is 6.00. The van der Waals surface area contributed by atoms with E-state index in [4.69, 9.17) is 5.41 Å². The van der Waals surface area contributed by atoms with Crippen LogP contribution in [0.5, 0.6) is 5.88 Å². The summed E-state index contributed by atoms with van der Waals surface area (Å²) in [6.45, 7) is 19.2. The third-order valence-corrected chi connectivity index (χ3v) is 7.93. The molecule has 0 saturated carbocycles. The van der Waals surface area contributed by atoms with Crippen LogP contribution in [0.3, 0.4) is 0 Å². The maximum absolute atomic E-state index is 10.9. The second-order valence-electron chi connectivity index (χ2n) is 10.0. The van der Waals surface area contributed by atoms with Gasteiger partial charge in [-0.1, -0.05) is 77.1 Å². The van der Waals surface area contributed by atoms with Gasteiger partial charge in [0.15, 0.2) is 5.88 Å². The Kier molecular flexibility index (Phi) is 8.07. The monoisotopic (exact) mass is 458 g/mol. The van der Waals surface area contributed by atoms with Crippen LogP contribution in [0.25, 0.3) is 18.2 Å². The lowest BCUT2D eigenvalue weighted by Crippen LogP contribution is -2.32. The zero-order valence-corrected chi connectivity index (χ0v) is 22.0. The Bertz CT molecular complexity index is 1230. The van der Waals surface area contributed by atoms with Crippen molar-refractivity contribution in [2.45, 2.75) is 73.6 Å². The van der Waals surface area contributed by atoms with E-state index in [0.29, 0.717) is 11.6 Å². The standard InChI is InChI=1S/C31H42N2O/c1-9-18(4)20(6)21(7)26(22(8)32)16-29-28-17-27(24(11-3)15-30(28)33-31(29)34)25-14-23(10-2)13-12-19(25)5/h12-17,20-21,24,27,32-34H,4,9-11H2,1-3,5-8H3. The number of H-pyrrole nitrogens is 1. The number of benzene rings is 1. The van der Waals surface area contributed by atoms with Crippen LogP contribution in [0.4, 0.5) is 0 Å². The van der Waals surface area contributed by atoms with Crippen LogP contribution in [0.15, 0.2) is 35.9 Å². The van der Waals surface area contributed by atoms with Gasteiger partial charge >= 0.3 is 0 Å². The summed E-state index contributed by atoms with van der Waals surface area (Å²) < 4.78 is 0. The zero-order chi connectivity index (χ0) is 25.2. The summed E-state index contributed by atoms with van der Waals surface area (Å²) in [6, 6.07) is 6.81. The number of hydrogen-bond acceptors (Lipinski definition) is 2. The predicted octanol–water partition coefficient (Wildman–Crippen LogP) is 6.64. The van der Waals surface area contributed by atoms with Crippen LogP contribution < -0.4 is 10.6 Å². The minimum absolute atomic E-state index is 0.144. The van der Waals surface area contributed by atoms with E-state index in [2.05, 4.69) is 83.5 Å². The van der Waals surface area contributed by atoms with Crippen molar-refractivity contribution in [3.63, 3.8) is 0 Å². The van der Waals surface area contributed by atoms with Crippen LogP contribution >= 0.6 is 0 Å². The van der Waals surface area contributed by atoms with Gasteiger partial charge in [0.25, 0.3) is 0 Å². The van der Waals surface area contributed by atoms with Crippen molar-refractivity contribution in [3.05, 3.63) is 68.7 Å². The van der Waals surface area contributed by atoms with E-state index in [1.54, 1.807) is 0 Å². The van der Waals surface area contributed by atoms with Crippen LogP contribution in [0, 0.1) is 30.1 Å². The van der Waals surface area contributed by atoms with E-state index in [-0.39, 0.29) is 23.6 Å². The second kappa shape index (κ2) is 10.6. The van der Waals surface area contributed by atoms with Gasteiger partial charge in [0.1, 0.15) is 0 Å². The van der Waals surface area contributed by atoms with Gasteiger partial charge in [0, 0.05) is 27.8 Å². The SMILES string of the molecule is C=C(CC)C(C)C(C)C(=Cc1c(O)[nH]c2c1=CC(c1cc(CC)ccc1C)C(CC)C=2)C(C)=N. The van der Waals surface area contributed by atoms with Gasteiger partial charge in [0.2, 0.25) is 0 Å². The summed E-state index contributed by atoms with van der Waals surface area (Å²) in [6.07, 6.45) is 9.63. The molecule has 0 spiro atoms. The van der Waals surface area contributed by atoms with Gasteiger partial charge in [0.05, 0.1) is 0 Å². The molecule has 1 aliphatic carbocycles. The minimum Gasteiger partial charge on any atom is -0.494 e. The van der Waals surface area contributed by atoms with Crippen molar-refractivity contribution in [1.29, 1.82) is 5.41 Å². The summed E-state index contributed by atoms with van der Waals surface area (Å²) in [5.41, 5.74) is 7.50. The molecule has 1 aliphatic rings. The lowest BCUT2D eigenvalue weighted by molar-refractivity contribution is 0.454. The molecule has 182 valence electrons. The first kappa shape index (κ1) is 25.8. The number of nitrogens with one attached hydrogen (secondary N) is 2. The molecule has 4 unspecified atom stereocenters. The van der Waals surface area contributed by atoms with Gasteiger partial charge in [-0.25, -0.2) is 0 Å². The lowest BCUT2D eigenvalue weighted by Gasteiger charge is -2.26. The van der Waals surface area contributed by atoms with Crippen molar-refractivity contribution in [3.8, 4) is 5.88 Å². The molecule has 0 fully saturated rings. The quantitative estimate of drug-likeness (QED) is 0.286. The average Bonchev–Trinajstić information content (AvgIpc) is 3.13. The molecule has 1 heterocycles. The van der Waals surface area contributed by atoms with Crippen molar-refractivity contribution in [2.24, 2.45) is 17.8 Å². The van der Waals surface area contributed by atoms with E-state index in [1.807, 2.05) is 13.0 Å². The lowest BCUT2D eigenvalue weighted by atomic mass is 9.78. The second-order valence-corrected chi connectivity index (χ2v) is 10.0. The number of rotatable bonds is 9. The first-order valence-corrected chi connectivity index (χ1v) is 12.8. The molecule has 0 aliphatic heterocycles. The van der Waals surface area contributed by atoms with Crippen LogP contribution in [-0.2, 0) is 6.42 Å². The Morgan fingerprint density at radius 3 is 2.47 bits per heavy atom. The molecule has 1 aromatic carbocycles. The minimum atomic E-state index is 0.144. The number of allylic oxidation sites excluding steroid dienone is 2. The first-order valence-electron chi connectivity index (χ1n) is 12.8. The fourth-order valence-electron chi connectivity index (χ4n) is 5.26. The highest BCUT2D eigenvalue weighted by Crippen LogP contribution is 2.35. The molecule has 1 aromatic heterocycles. The number of aryl methyl sites for hydroxylation is 2. The maximum atomic E-state index is 10.9. The largest absolute Gasteiger partial charge is 0.494 e. The van der Waals surface area contributed by atoms with Crippen LogP contribution in [-0.4, -0.2) is 15.8 Å². The Balaban J connectivity index is 2.20. The molecule has 34 heavy (non-hydrogen) atoms. The van der Waals surface area contributed by atoms with Crippen molar-refractivity contribution in [2.75, 3.05) is 0 Å². The highest BCUT2D eigenvalue weighted by atomic mass is 16.3. The fraction of sp³-hybridized carbons (Fsp3) is 0.452. The molecule has 2 aromatic rings. The molecular formula is C31H42N2O. The smallest absolute Gasteiger partial charge is 0.196 e. The topological polar surface area (TPSA) is 59.9 Å². The fourth-order valence-corrected chi connectivity index (χ4v) is 5.26. The van der Waals surface area contributed by atoms with Gasteiger partial charge < -0.3 is 15.5 Å². The Morgan fingerprint density at radius 2 is 1.88 bits per heavy atom. The molecule has 3 heteroatoms. The van der Waals surface area contributed by atoms with E-state index in [9.17, 15) is 5.11 Å². The third-order valence-electron chi connectivity index (χ3n) is 7.93. The van der Waals surface area contributed by atoms with Gasteiger partial charge in [-0.15, -0.1) is 0 Å². The predicted molar refractivity (Wildman–Crippen MR) is 147 cm³/mol. The molecular weight excluding hydrogens is 416 g/mol. The summed E-state index contributed by atoms with van der Waals surface area (Å²) in [4.78, 5) is 3.22. The Hall–Kier alpha value is -2.81. The highest BCUT2D eigenvalue weighted by Gasteiger charge is 2.26. The Morgan fingerprint density at radius 1 is 1.18 bits per heavy atom. The number of aromatic hydroxyl groups is 1. The van der Waals surface area contributed by atoms with Crippen molar-refractivity contribution < 1.29 is 5.11 Å². The van der Waals surface area contributed by atoms with E-state index >= 15 is 0 Å². The molecule has 0 amide bonds. The molecule has 4 atom stereocenters. The van der Waals surface area contributed by atoms with Gasteiger partial charge in [-0.3, -0.25) is 0 Å². The summed E-state index contributed by atoms with van der Waals surface area (Å²) >= 11 is 0. The zero-order valence-electron chi connectivity index (χ0n) is 22.0. The molecule has 3 rings (SSSR count). The van der Waals surface area contributed by atoms with Crippen molar-refractivity contribution in [1.82, 2.24) is 4.98 Å². The maximum Gasteiger partial charge on any atom is 0.196 e. The van der Waals surface area contributed by atoms with Crippen LogP contribution in [0.1, 0.15) is 82.6 Å². The number of aromatic nitrogens is 1. The summed E-state index contributed by atoms with van der Waals surface area (Å²) in [7, 11) is 0. The van der Waals surface area contributed by atoms with E-state index in [1.165, 1.54) is 22.3 Å². The molecule has 0 radical (unpaired) electrons. The average molecular weight is 459 g/mol. The number of hydrogen-bond donors (Lipinski definition) is 3. The van der Waals surface area contributed by atoms with Gasteiger partial charge in [-0.2, -0.15) is 0 Å².